The standard InChI is InChI=1S/C15H31N3/c1-4-17(11-14-7-5-6-9-16-14)15-8-10-18(12-15)13(2)3/h13-16H,4-12H2,1-3H3. The molecule has 2 rings (SSSR count). The van der Waals surface area contributed by atoms with Crippen molar-refractivity contribution in [2.75, 3.05) is 32.7 Å². The molecule has 2 fully saturated rings. The molecule has 2 atom stereocenters. The van der Waals surface area contributed by atoms with Gasteiger partial charge >= 0.3 is 0 Å². The van der Waals surface area contributed by atoms with Gasteiger partial charge in [0, 0.05) is 37.8 Å². The Hall–Kier alpha value is -0.120. The van der Waals surface area contributed by atoms with Gasteiger partial charge in [-0.2, -0.15) is 0 Å². The molecule has 18 heavy (non-hydrogen) atoms. The molecule has 3 heteroatoms. The molecule has 3 nitrogen and oxygen atoms in total. The number of hydrogen-bond acceptors (Lipinski definition) is 3. The first-order chi connectivity index (χ1) is 8.70. The molecule has 1 N–H and O–H groups in total. The van der Waals surface area contributed by atoms with Crippen molar-refractivity contribution in [3.63, 3.8) is 0 Å². The summed E-state index contributed by atoms with van der Waals surface area (Å²) in [4.78, 5) is 5.34. The third kappa shape index (κ3) is 3.69. The van der Waals surface area contributed by atoms with Crippen molar-refractivity contribution in [3.05, 3.63) is 0 Å². The summed E-state index contributed by atoms with van der Waals surface area (Å²) in [5, 5.41) is 3.69. The van der Waals surface area contributed by atoms with Gasteiger partial charge < -0.3 is 5.32 Å². The molecule has 2 aliphatic rings. The molecule has 0 amide bonds. The van der Waals surface area contributed by atoms with Crippen LogP contribution in [-0.4, -0.2) is 60.6 Å². The van der Waals surface area contributed by atoms with Crippen LogP contribution >= 0.6 is 0 Å². The van der Waals surface area contributed by atoms with Gasteiger partial charge in [0.1, 0.15) is 0 Å². The van der Waals surface area contributed by atoms with Crippen LogP contribution in [0.25, 0.3) is 0 Å². The molecule has 0 aromatic heterocycles. The Morgan fingerprint density at radius 1 is 1.28 bits per heavy atom. The highest BCUT2D eigenvalue weighted by molar-refractivity contribution is 4.87. The zero-order valence-corrected chi connectivity index (χ0v) is 12.5. The molecule has 0 spiro atoms. The number of piperidine rings is 1. The highest BCUT2D eigenvalue weighted by Crippen LogP contribution is 2.19. The van der Waals surface area contributed by atoms with Crippen LogP contribution in [-0.2, 0) is 0 Å². The molecule has 0 aromatic rings. The summed E-state index contributed by atoms with van der Waals surface area (Å²) >= 11 is 0. The molecule has 2 saturated heterocycles. The van der Waals surface area contributed by atoms with E-state index >= 15 is 0 Å². The predicted molar refractivity (Wildman–Crippen MR) is 78.0 cm³/mol. The second kappa shape index (κ2) is 6.88. The maximum atomic E-state index is 3.69. The highest BCUT2D eigenvalue weighted by Gasteiger charge is 2.29. The number of likely N-dealkylation sites (N-methyl/N-ethyl adjacent to an activating group) is 1. The van der Waals surface area contributed by atoms with Crippen LogP contribution in [0.4, 0.5) is 0 Å². The summed E-state index contributed by atoms with van der Waals surface area (Å²) in [7, 11) is 0. The number of rotatable bonds is 5. The molecule has 0 radical (unpaired) electrons. The number of nitrogens with one attached hydrogen (secondary N) is 1. The van der Waals surface area contributed by atoms with Crippen LogP contribution in [0, 0.1) is 0 Å². The smallest absolute Gasteiger partial charge is 0.0235 e. The molecule has 2 unspecified atom stereocenters. The van der Waals surface area contributed by atoms with E-state index in [0.717, 1.165) is 12.1 Å². The summed E-state index contributed by atoms with van der Waals surface area (Å²) in [5.74, 6) is 0. The van der Waals surface area contributed by atoms with E-state index in [-0.39, 0.29) is 0 Å². The van der Waals surface area contributed by atoms with E-state index in [1.54, 1.807) is 0 Å². The fourth-order valence-electron chi connectivity index (χ4n) is 3.43. The first kappa shape index (κ1) is 14.3. The Kier molecular flexibility index (Phi) is 5.46. The third-order valence-corrected chi connectivity index (χ3v) is 4.71. The van der Waals surface area contributed by atoms with E-state index in [2.05, 4.69) is 35.9 Å². The molecular weight excluding hydrogens is 222 g/mol. The lowest BCUT2D eigenvalue weighted by atomic mass is 10.0. The van der Waals surface area contributed by atoms with Crippen molar-refractivity contribution in [2.24, 2.45) is 0 Å². The van der Waals surface area contributed by atoms with Gasteiger partial charge in [0.05, 0.1) is 0 Å². The van der Waals surface area contributed by atoms with Crippen molar-refractivity contribution >= 4 is 0 Å². The summed E-state index contributed by atoms with van der Waals surface area (Å²) in [6.45, 7) is 13.2. The van der Waals surface area contributed by atoms with Gasteiger partial charge in [0.25, 0.3) is 0 Å². The lowest BCUT2D eigenvalue weighted by Gasteiger charge is -2.34. The third-order valence-electron chi connectivity index (χ3n) is 4.71. The number of likely N-dealkylation sites (tertiary alicyclic amines) is 1. The fraction of sp³-hybridized carbons (Fsp3) is 1.00. The van der Waals surface area contributed by atoms with Crippen LogP contribution in [0.2, 0.25) is 0 Å². The van der Waals surface area contributed by atoms with Crippen molar-refractivity contribution < 1.29 is 0 Å². The van der Waals surface area contributed by atoms with Crippen LogP contribution in [0.1, 0.15) is 46.5 Å². The Bertz CT molecular complexity index is 236. The Morgan fingerprint density at radius 3 is 2.67 bits per heavy atom. The zero-order valence-electron chi connectivity index (χ0n) is 12.5. The van der Waals surface area contributed by atoms with Crippen LogP contribution in [0.3, 0.4) is 0 Å². The second-order valence-corrected chi connectivity index (χ2v) is 6.27. The average Bonchev–Trinajstić information content (AvgIpc) is 2.87. The van der Waals surface area contributed by atoms with Gasteiger partial charge in [0.2, 0.25) is 0 Å². The van der Waals surface area contributed by atoms with E-state index in [1.807, 2.05) is 0 Å². The van der Waals surface area contributed by atoms with Crippen LogP contribution in [0.15, 0.2) is 0 Å². The van der Waals surface area contributed by atoms with Crippen molar-refractivity contribution in [1.82, 2.24) is 15.1 Å². The minimum atomic E-state index is 0.710. The van der Waals surface area contributed by atoms with Gasteiger partial charge in [-0.05, 0) is 46.2 Å². The Labute approximate surface area is 113 Å². The maximum Gasteiger partial charge on any atom is 0.0235 e. The minimum Gasteiger partial charge on any atom is -0.313 e. The normalized spacial score (nSPS) is 30.5. The Balaban J connectivity index is 1.81. The molecule has 106 valence electrons. The summed E-state index contributed by atoms with van der Waals surface area (Å²) in [6.07, 6.45) is 5.51. The molecular formula is C15H31N3. The summed E-state index contributed by atoms with van der Waals surface area (Å²) in [5.41, 5.74) is 0. The number of nitrogens with zero attached hydrogens (tertiary/aromatic N) is 2. The SMILES string of the molecule is CCN(CC1CCCCN1)C1CCN(C(C)C)C1. The first-order valence-electron chi connectivity index (χ1n) is 7.92. The topological polar surface area (TPSA) is 18.5 Å². The van der Waals surface area contributed by atoms with Crippen molar-refractivity contribution in [1.29, 1.82) is 0 Å². The maximum absolute atomic E-state index is 3.69. The van der Waals surface area contributed by atoms with Crippen LogP contribution in [0.5, 0.6) is 0 Å². The van der Waals surface area contributed by atoms with Crippen LogP contribution < -0.4 is 5.32 Å². The van der Waals surface area contributed by atoms with Gasteiger partial charge in [-0.3, -0.25) is 9.80 Å². The van der Waals surface area contributed by atoms with Gasteiger partial charge in [-0.15, -0.1) is 0 Å². The van der Waals surface area contributed by atoms with Crippen molar-refractivity contribution in [2.45, 2.75) is 64.6 Å². The minimum absolute atomic E-state index is 0.710. The van der Waals surface area contributed by atoms with E-state index in [1.165, 1.54) is 58.4 Å². The highest BCUT2D eigenvalue weighted by atomic mass is 15.3. The average molecular weight is 253 g/mol. The summed E-state index contributed by atoms with van der Waals surface area (Å²) in [6, 6.07) is 2.24. The zero-order chi connectivity index (χ0) is 13.0. The monoisotopic (exact) mass is 253 g/mol. The van der Waals surface area contributed by atoms with Gasteiger partial charge in [-0.25, -0.2) is 0 Å². The largest absolute Gasteiger partial charge is 0.313 e. The lowest BCUT2D eigenvalue weighted by molar-refractivity contribution is 0.165. The predicted octanol–water partition coefficient (Wildman–Crippen LogP) is 1.93. The molecule has 0 aliphatic carbocycles. The quantitative estimate of drug-likeness (QED) is 0.808. The molecule has 0 aromatic carbocycles. The van der Waals surface area contributed by atoms with E-state index < -0.39 is 0 Å². The Morgan fingerprint density at radius 2 is 2.11 bits per heavy atom. The second-order valence-electron chi connectivity index (χ2n) is 6.27. The van der Waals surface area contributed by atoms with Crippen molar-refractivity contribution in [3.8, 4) is 0 Å². The number of hydrogen-bond donors (Lipinski definition) is 1. The van der Waals surface area contributed by atoms with E-state index in [9.17, 15) is 0 Å². The van der Waals surface area contributed by atoms with Gasteiger partial charge in [0.15, 0.2) is 0 Å². The molecule has 0 bridgehead atoms. The molecule has 2 heterocycles. The van der Waals surface area contributed by atoms with E-state index in [4.69, 9.17) is 0 Å². The van der Waals surface area contributed by atoms with E-state index in [0.29, 0.717) is 6.04 Å². The molecule has 2 aliphatic heterocycles. The van der Waals surface area contributed by atoms with Gasteiger partial charge in [-0.1, -0.05) is 13.3 Å². The first-order valence-corrected chi connectivity index (χ1v) is 7.92. The molecule has 0 saturated carbocycles. The summed E-state index contributed by atoms with van der Waals surface area (Å²) < 4.78 is 0. The fourth-order valence-corrected chi connectivity index (χ4v) is 3.43. The lowest BCUT2D eigenvalue weighted by Crippen LogP contribution is -2.48.